The summed E-state index contributed by atoms with van der Waals surface area (Å²) in [6.07, 6.45) is 0. The third-order valence-corrected chi connectivity index (χ3v) is 3.72. The van der Waals surface area contributed by atoms with Crippen LogP contribution in [0.5, 0.6) is 5.75 Å². The van der Waals surface area contributed by atoms with Gasteiger partial charge < -0.3 is 10.5 Å². The fourth-order valence-corrected chi connectivity index (χ4v) is 2.62. The Labute approximate surface area is 123 Å². The molecule has 0 radical (unpaired) electrons. The Morgan fingerprint density at radius 1 is 1.06 bits per heavy atom. The number of benzene rings is 2. The monoisotopic (exact) mass is 369 g/mol. The summed E-state index contributed by atoms with van der Waals surface area (Å²) in [4.78, 5) is 0. The molecule has 2 aromatic rings. The fourth-order valence-electron chi connectivity index (χ4n) is 1.83. The van der Waals surface area contributed by atoms with Crippen molar-refractivity contribution in [3.05, 3.63) is 62.5 Å². The van der Waals surface area contributed by atoms with E-state index in [1.165, 1.54) is 0 Å². The van der Waals surface area contributed by atoms with Crippen LogP contribution in [0.15, 0.2) is 51.4 Å². The van der Waals surface area contributed by atoms with Crippen LogP contribution in [0.2, 0.25) is 0 Å². The van der Waals surface area contributed by atoms with Gasteiger partial charge >= 0.3 is 0 Å². The van der Waals surface area contributed by atoms with Crippen molar-refractivity contribution in [2.75, 3.05) is 7.11 Å². The van der Waals surface area contributed by atoms with Crippen LogP contribution in [-0.4, -0.2) is 7.11 Å². The highest BCUT2D eigenvalue weighted by Crippen LogP contribution is 2.31. The van der Waals surface area contributed by atoms with Crippen LogP contribution in [-0.2, 0) is 0 Å². The smallest absolute Gasteiger partial charge is 0.124 e. The molecule has 18 heavy (non-hydrogen) atoms. The van der Waals surface area contributed by atoms with Gasteiger partial charge in [-0.25, -0.2) is 0 Å². The van der Waals surface area contributed by atoms with Crippen LogP contribution in [0.3, 0.4) is 0 Å². The Balaban J connectivity index is 2.44. The molecule has 0 saturated heterocycles. The molecule has 0 fully saturated rings. The Morgan fingerprint density at radius 2 is 1.78 bits per heavy atom. The molecule has 94 valence electrons. The minimum absolute atomic E-state index is 0.213. The van der Waals surface area contributed by atoms with Gasteiger partial charge in [-0.2, -0.15) is 0 Å². The summed E-state index contributed by atoms with van der Waals surface area (Å²) in [6, 6.07) is 13.6. The molecular formula is C14H13Br2NO. The van der Waals surface area contributed by atoms with Gasteiger partial charge in [-0.05, 0) is 35.9 Å². The zero-order valence-corrected chi connectivity index (χ0v) is 13.0. The summed E-state index contributed by atoms with van der Waals surface area (Å²) in [5, 5.41) is 0. The van der Waals surface area contributed by atoms with Gasteiger partial charge in [0.15, 0.2) is 0 Å². The maximum Gasteiger partial charge on any atom is 0.124 e. The molecule has 0 saturated carbocycles. The van der Waals surface area contributed by atoms with Gasteiger partial charge in [0.1, 0.15) is 5.75 Å². The first-order valence-corrected chi connectivity index (χ1v) is 7.05. The predicted molar refractivity (Wildman–Crippen MR) is 80.9 cm³/mol. The summed E-state index contributed by atoms with van der Waals surface area (Å²) in [6.45, 7) is 0. The summed E-state index contributed by atoms with van der Waals surface area (Å²) in [5.74, 6) is 0.797. The average molecular weight is 371 g/mol. The summed E-state index contributed by atoms with van der Waals surface area (Å²) in [7, 11) is 1.65. The number of rotatable bonds is 3. The molecule has 4 heteroatoms. The molecule has 0 spiro atoms. The molecule has 0 aliphatic heterocycles. The highest BCUT2D eigenvalue weighted by molar-refractivity contribution is 9.10. The second-order valence-corrected chi connectivity index (χ2v) is 5.75. The maximum atomic E-state index is 6.31. The topological polar surface area (TPSA) is 35.2 Å². The van der Waals surface area contributed by atoms with Gasteiger partial charge in [0.05, 0.1) is 13.2 Å². The van der Waals surface area contributed by atoms with Gasteiger partial charge in [0.2, 0.25) is 0 Å². The second-order valence-electron chi connectivity index (χ2n) is 3.92. The molecule has 0 heterocycles. The lowest BCUT2D eigenvalue weighted by molar-refractivity contribution is 0.407. The SMILES string of the molecule is COc1ccc(Br)cc1C(N)c1cccc(Br)c1. The molecule has 2 rings (SSSR count). The maximum absolute atomic E-state index is 6.31. The Morgan fingerprint density at radius 3 is 2.44 bits per heavy atom. The normalized spacial score (nSPS) is 12.2. The van der Waals surface area contributed by atoms with Crippen LogP contribution in [0.4, 0.5) is 0 Å². The number of methoxy groups -OCH3 is 1. The molecule has 0 bridgehead atoms. The zero-order valence-electron chi connectivity index (χ0n) is 9.86. The van der Waals surface area contributed by atoms with Crippen LogP contribution >= 0.6 is 31.9 Å². The van der Waals surface area contributed by atoms with Crippen LogP contribution in [0, 0.1) is 0 Å². The van der Waals surface area contributed by atoms with E-state index in [9.17, 15) is 0 Å². The zero-order chi connectivity index (χ0) is 13.1. The summed E-state index contributed by atoms with van der Waals surface area (Å²) >= 11 is 6.92. The molecule has 1 atom stereocenters. The van der Waals surface area contributed by atoms with Crippen LogP contribution in [0.25, 0.3) is 0 Å². The first-order valence-electron chi connectivity index (χ1n) is 5.46. The summed E-state index contributed by atoms with van der Waals surface area (Å²) < 4.78 is 7.37. The third-order valence-electron chi connectivity index (χ3n) is 2.73. The third kappa shape index (κ3) is 2.94. The Kier molecular flexibility index (Phi) is 4.43. The average Bonchev–Trinajstić information content (AvgIpc) is 2.38. The van der Waals surface area contributed by atoms with E-state index in [4.69, 9.17) is 10.5 Å². The summed E-state index contributed by atoms with van der Waals surface area (Å²) in [5.41, 5.74) is 8.31. The van der Waals surface area contributed by atoms with Crippen molar-refractivity contribution >= 4 is 31.9 Å². The number of halogens is 2. The highest BCUT2D eigenvalue weighted by atomic mass is 79.9. The largest absolute Gasteiger partial charge is 0.496 e. The van der Waals surface area contributed by atoms with Crippen molar-refractivity contribution in [2.45, 2.75) is 6.04 Å². The highest BCUT2D eigenvalue weighted by Gasteiger charge is 2.14. The Bertz CT molecular complexity index is 557. The van der Waals surface area contributed by atoms with Gasteiger partial charge in [0, 0.05) is 14.5 Å². The van der Waals surface area contributed by atoms with Crippen molar-refractivity contribution in [1.29, 1.82) is 0 Å². The Hall–Kier alpha value is -0.840. The quantitative estimate of drug-likeness (QED) is 0.875. The molecule has 2 nitrogen and oxygen atoms in total. The second kappa shape index (κ2) is 5.87. The van der Waals surface area contributed by atoms with Crippen LogP contribution < -0.4 is 10.5 Å². The van der Waals surface area contributed by atoms with E-state index in [1.54, 1.807) is 7.11 Å². The van der Waals surface area contributed by atoms with E-state index in [-0.39, 0.29) is 6.04 Å². The first-order chi connectivity index (χ1) is 8.61. The molecular weight excluding hydrogens is 358 g/mol. The molecule has 0 amide bonds. The van der Waals surface area contributed by atoms with Gasteiger partial charge in [0.25, 0.3) is 0 Å². The number of hydrogen-bond acceptors (Lipinski definition) is 2. The molecule has 0 aliphatic carbocycles. The molecule has 2 aromatic carbocycles. The number of ether oxygens (including phenoxy) is 1. The number of hydrogen-bond donors (Lipinski definition) is 1. The molecule has 0 aliphatic rings. The van der Waals surface area contributed by atoms with E-state index in [1.807, 2.05) is 42.5 Å². The lowest BCUT2D eigenvalue weighted by atomic mass is 9.99. The minimum Gasteiger partial charge on any atom is -0.496 e. The standard InChI is InChI=1S/C14H13Br2NO/c1-18-13-6-5-11(16)8-12(13)14(17)9-3-2-4-10(15)7-9/h2-8,14H,17H2,1H3. The minimum atomic E-state index is -0.213. The predicted octanol–water partition coefficient (Wildman–Crippen LogP) is 4.27. The lowest BCUT2D eigenvalue weighted by Gasteiger charge is -2.16. The van der Waals surface area contributed by atoms with E-state index in [0.717, 1.165) is 25.8 Å². The molecule has 0 aromatic heterocycles. The van der Waals surface area contributed by atoms with Crippen molar-refractivity contribution < 1.29 is 4.74 Å². The van der Waals surface area contributed by atoms with Gasteiger partial charge in [-0.3, -0.25) is 0 Å². The van der Waals surface area contributed by atoms with Crippen molar-refractivity contribution in [2.24, 2.45) is 5.73 Å². The molecule has 2 N–H and O–H groups in total. The van der Waals surface area contributed by atoms with E-state index < -0.39 is 0 Å². The van der Waals surface area contributed by atoms with Crippen molar-refractivity contribution in [1.82, 2.24) is 0 Å². The van der Waals surface area contributed by atoms with E-state index in [0.29, 0.717) is 0 Å². The van der Waals surface area contributed by atoms with Crippen molar-refractivity contribution in [3.63, 3.8) is 0 Å². The van der Waals surface area contributed by atoms with E-state index >= 15 is 0 Å². The number of nitrogens with two attached hydrogens (primary N) is 1. The lowest BCUT2D eigenvalue weighted by Crippen LogP contribution is -2.13. The van der Waals surface area contributed by atoms with Gasteiger partial charge in [-0.15, -0.1) is 0 Å². The van der Waals surface area contributed by atoms with Crippen molar-refractivity contribution in [3.8, 4) is 5.75 Å². The molecule has 1 unspecified atom stereocenters. The fraction of sp³-hybridized carbons (Fsp3) is 0.143. The first kappa shape index (κ1) is 13.6. The van der Waals surface area contributed by atoms with E-state index in [2.05, 4.69) is 31.9 Å². The van der Waals surface area contributed by atoms with Crippen LogP contribution in [0.1, 0.15) is 17.2 Å². The van der Waals surface area contributed by atoms with Gasteiger partial charge in [-0.1, -0.05) is 44.0 Å².